The lowest BCUT2D eigenvalue weighted by Gasteiger charge is -2.47. The van der Waals surface area contributed by atoms with E-state index in [0.717, 1.165) is 37.7 Å². The van der Waals surface area contributed by atoms with Crippen molar-refractivity contribution >= 4 is 0 Å². The Morgan fingerprint density at radius 3 is 2.62 bits per heavy atom. The largest absolute Gasteiger partial charge is 0.574 e. The molecular formula is C16H18F3NO. The van der Waals surface area contributed by atoms with Gasteiger partial charge in [0.15, 0.2) is 0 Å². The zero-order valence-electron chi connectivity index (χ0n) is 11.9. The minimum Gasteiger partial charge on any atom is -0.388 e. The summed E-state index contributed by atoms with van der Waals surface area (Å²) in [5.74, 6) is 2.85. The van der Waals surface area contributed by atoms with E-state index in [2.05, 4.69) is 22.6 Å². The third-order valence-corrected chi connectivity index (χ3v) is 4.21. The molecule has 0 atom stereocenters. The second kappa shape index (κ2) is 5.97. The fourth-order valence-corrected chi connectivity index (χ4v) is 3.13. The predicted molar refractivity (Wildman–Crippen MR) is 73.5 cm³/mol. The molecule has 1 heterocycles. The monoisotopic (exact) mass is 297 g/mol. The number of hydrogen-bond acceptors (Lipinski definition) is 2. The van der Waals surface area contributed by atoms with Crippen molar-refractivity contribution in [1.29, 1.82) is 0 Å². The molecule has 0 aliphatic heterocycles. The lowest BCUT2D eigenvalue weighted by molar-refractivity contribution is -0.276. The van der Waals surface area contributed by atoms with Gasteiger partial charge in [0, 0.05) is 18.7 Å². The first kappa shape index (κ1) is 15.7. The minimum atomic E-state index is -4.70. The predicted octanol–water partition coefficient (Wildman–Crippen LogP) is 4.35. The summed E-state index contributed by atoms with van der Waals surface area (Å²) >= 11 is 0. The summed E-state index contributed by atoms with van der Waals surface area (Å²) < 4.78 is 39.9. The Morgan fingerprint density at radius 1 is 1.43 bits per heavy atom. The molecule has 1 aromatic rings. The van der Waals surface area contributed by atoms with Gasteiger partial charge >= 0.3 is 6.36 Å². The molecule has 1 fully saturated rings. The number of pyridine rings is 1. The quantitative estimate of drug-likeness (QED) is 0.754. The topological polar surface area (TPSA) is 22.1 Å². The third kappa shape index (κ3) is 4.13. The maximum Gasteiger partial charge on any atom is 0.574 e. The van der Waals surface area contributed by atoms with Crippen LogP contribution < -0.4 is 4.74 Å². The highest BCUT2D eigenvalue weighted by atomic mass is 19.4. The van der Waals surface area contributed by atoms with Gasteiger partial charge in [-0.15, -0.1) is 25.5 Å². The molecule has 0 bridgehead atoms. The molecule has 0 unspecified atom stereocenters. The van der Waals surface area contributed by atoms with Crippen LogP contribution in [0, 0.1) is 23.7 Å². The SMILES string of the molecule is C#CCC1(CC)CC(Cc2ccc(OC(F)(F)F)nc2)C1. The Morgan fingerprint density at radius 2 is 2.14 bits per heavy atom. The number of terminal acetylenes is 1. The van der Waals surface area contributed by atoms with E-state index in [9.17, 15) is 13.2 Å². The third-order valence-electron chi connectivity index (χ3n) is 4.21. The van der Waals surface area contributed by atoms with Crippen LogP contribution in [0.25, 0.3) is 0 Å². The van der Waals surface area contributed by atoms with Crippen molar-refractivity contribution in [2.45, 2.75) is 45.4 Å². The summed E-state index contributed by atoms with van der Waals surface area (Å²) in [5, 5.41) is 0. The van der Waals surface area contributed by atoms with E-state index in [0.29, 0.717) is 5.92 Å². The van der Waals surface area contributed by atoms with Crippen LogP contribution >= 0.6 is 0 Å². The van der Waals surface area contributed by atoms with Crippen LogP contribution in [0.2, 0.25) is 0 Å². The van der Waals surface area contributed by atoms with Crippen molar-refractivity contribution in [3.05, 3.63) is 23.9 Å². The molecular weight excluding hydrogens is 279 g/mol. The number of ether oxygens (including phenoxy) is 1. The first-order valence-corrected chi connectivity index (χ1v) is 7.00. The molecule has 5 heteroatoms. The van der Waals surface area contributed by atoms with Gasteiger partial charge in [0.1, 0.15) is 0 Å². The lowest BCUT2D eigenvalue weighted by Crippen LogP contribution is -2.37. The lowest BCUT2D eigenvalue weighted by atomic mass is 9.58. The van der Waals surface area contributed by atoms with Crippen LogP contribution in [0.5, 0.6) is 5.88 Å². The fraction of sp³-hybridized carbons (Fsp3) is 0.562. The first-order valence-electron chi connectivity index (χ1n) is 7.00. The van der Waals surface area contributed by atoms with Gasteiger partial charge in [-0.05, 0) is 42.6 Å². The zero-order chi connectivity index (χ0) is 15.5. The summed E-state index contributed by atoms with van der Waals surface area (Å²) in [7, 11) is 0. The van der Waals surface area contributed by atoms with Gasteiger partial charge in [-0.25, -0.2) is 4.98 Å². The molecule has 0 aromatic carbocycles. The minimum absolute atomic E-state index is 0.270. The van der Waals surface area contributed by atoms with Crippen LogP contribution in [0.1, 0.15) is 38.2 Å². The van der Waals surface area contributed by atoms with Crippen molar-refractivity contribution in [3.63, 3.8) is 0 Å². The highest BCUT2D eigenvalue weighted by Gasteiger charge is 2.41. The van der Waals surface area contributed by atoms with E-state index in [4.69, 9.17) is 6.42 Å². The number of halogens is 3. The molecule has 1 aliphatic carbocycles. The molecule has 0 spiro atoms. The maximum atomic E-state index is 12.0. The van der Waals surface area contributed by atoms with Gasteiger partial charge in [0.25, 0.3) is 0 Å². The molecule has 0 saturated heterocycles. The van der Waals surface area contributed by atoms with Gasteiger partial charge in [0.2, 0.25) is 5.88 Å². The average Bonchev–Trinajstić information content (AvgIpc) is 2.36. The number of alkyl halides is 3. The Labute approximate surface area is 122 Å². The van der Waals surface area contributed by atoms with E-state index in [1.807, 2.05) is 0 Å². The molecule has 1 aromatic heterocycles. The summed E-state index contributed by atoms with van der Waals surface area (Å²) in [6.45, 7) is 2.15. The Bertz CT molecular complexity index is 510. The normalized spacial score (nSPS) is 25.0. The number of aromatic nitrogens is 1. The molecule has 21 heavy (non-hydrogen) atoms. The van der Waals surface area contributed by atoms with Gasteiger partial charge in [-0.2, -0.15) is 0 Å². The second-order valence-electron chi connectivity index (χ2n) is 5.77. The fourth-order valence-electron chi connectivity index (χ4n) is 3.13. The Hall–Kier alpha value is -1.70. The number of rotatable bonds is 5. The van der Waals surface area contributed by atoms with E-state index in [1.165, 1.54) is 12.3 Å². The van der Waals surface area contributed by atoms with E-state index in [-0.39, 0.29) is 5.41 Å². The van der Waals surface area contributed by atoms with E-state index >= 15 is 0 Å². The van der Waals surface area contributed by atoms with Crippen molar-refractivity contribution in [2.75, 3.05) is 0 Å². The Balaban J connectivity index is 1.87. The highest BCUT2D eigenvalue weighted by molar-refractivity contribution is 5.19. The summed E-state index contributed by atoms with van der Waals surface area (Å²) in [6.07, 6.45) is 7.01. The highest BCUT2D eigenvalue weighted by Crippen LogP contribution is 2.51. The number of nitrogens with zero attached hydrogens (tertiary/aromatic N) is 1. The zero-order valence-corrected chi connectivity index (χ0v) is 11.9. The van der Waals surface area contributed by atoms with Crippen molar-refractivity contribution < 1.29 is 17.9 Å². The smallest absolute Gasteiger partial charge is 0.388 e. The van der Waals surface area contributed by atoms with Crippen LogP contribution in [0.3, 0.4) is 0 Å². The van der Waals surface area contributed by atoms with Gasteiger partial charge in [-0.1, -0.05) is 13.0 Å². The molecule has 1 saturated carbocycles. The molecule has 0 amide bonds. The summed E-state index contributed by atoms with van der Waals surface area (Å²) in [6, 6.07) is 2.90. The van der Waals surface area contributed by atoms with E-state index in [1.54, 1.807) is 6.07 Å². The molecule has 114 valence electrons. The number of hydrogen-bond donors (Lipinski definition) is 0. The van der Waals surface area contributed by atoms with Crippen molar-refractivity contribution in [1.82, 2.24) is 4.98 Å². The van der Waals surface area contributed by atoms with Crippen LogP contribution in [-0.2, 0) is 6.42 Å². The van der Waals surface area contributed by atoms with Crippen LogP contribution in [-0.4, -0.2) is 11.3 Å². The van der Waals surface area contributed by atoms with E-state index < -0.39 is 12.2 Å². The molecule has 1 aliphatic rings. The van der Waals surface area contributed by atoms with Crippen LogP contribution in [0.4, 0.5) is 13.2 Å². The standard InChI is InChI=1S/C16H18F3NO/c1-3-7-15(4-2)9-13(10-15)8-12-5-6-14(20-11-12)21-16(17,18)19/h1,5-6,11,13H,4,7-10H2,2H3. The molecule has 0 radical (unpaired) electrons. The van der Waals surface area contributed by atoms with Crippen molar-refractivity contribution in [2.24, 2.45) is 11.3 Å². The molecule has 2 rings (SSSR count). The molecule has 2 nitrogen and oxygen atoms in total. The average molecular weight is 297 g/mol. The second-order valence-corrected chi connectivity index (χ2v) is 5.77. The van der Waals surface area contributed by atoms with Crippen LogP contribution in [0.15, 0.2) is 18.3 Å². The first-order chi connectivity index (χ1) is 9.86. The maximum absolute atomic E-state index is 12.0. The molecule has 0 N–H and O–H groups in total. The summed E-state index contributed by atoms with van der Waals surface area (Å²) in [5.41, 5.74) is 1.20. The van der Waals surface area contributed by atoms with Crippen molar-refractivity contribution in [3.8, 4) is 18.2 Å². The Kier molecular flexibility index (Phi) is 4.46. The van der Waals surface area contributed by atoms with Gasteiger partial charge in [-0.3, -0.25) is 0 Å². The summed E-state index contributed by atoms with van der Waals surface area (Å²) in [4.78, 5) is 3.69. The van der Waals surface area contributed by atoms with Gasteiger partial charge in [0.05, 0.1) is 0 Å². The van der Waals surface area contributed by atoms with Gasteiger partial charge < -0.3 is 4.74 Å².